The highest BCUT2D eigenvalue weighted by Crippen LogP contribution is 2.24. The third-order valence-electron chi connectivity index (χ3n) is 3.57. The zero-order chi connectivity index (χ0) is 11.2. The minimum Gasteiger partial charge on any atom is -0.738 e. The van der Waals surface area contributed by atoms with E-state index in [2.05, 4.69) is 0 Å². The SMILES string of the molecule is [O-]N(OC1CCCCC1)OC1CCCCC1. The zero-order valence-electron chi connectivity index (χ0n) is 9.90. The average Bonchev–Trinajstić information content (AvgIpc) is 2.31. The van der Waals surface area contributed by atoms with Gasteiger partial charge in [-0.3, -0.25) is 9.68 Å². The van der Waals surface area contributed by atoms with Gasteiger partial charge in [-0.1, -0.05) is 38.5 Å². The van der Waals surface area contributed by atoms with E-state index >= 15 is 0 Å². The van der Waals surface area contributed by atoms with E-state index in [1.165, 1.54) is 38.5 Å². The van der Waals surface area contributed by atoms with E-state index in [-0.39, 0.29) is 12.2 Å². The lowest BCUT2D eigenvalue weighted by molar-refractivity contribution is -0.377. The molecule has 2 saturated carbocycles. The van der Waals surface area contributed by atoms with Crippen molar-refractivity contribution >= 4 is 0 Å². The molecule has 2 fully saturated rings. The Balaban J connectivity index is 1.64. The second kappa shape index (κ2) is 6.55. The molecule has 0 spiro atoms. The maximum absolute atomic E-state index is 11.5. The highest BCUT2D eigenvalue weighted by molar-refractivity contribution is 4.66. The van der Waals surface area contributed by atoms with Gasteiger partial charge in [-0.05, 0) is 25.7 Å². The predicted molar refractivity (Wildman–Crippen MR) is 61.1 cm³/mol. The predicted octanol–water partition coefficient (Wildman–Crippen LogP) is 3.31. The van der Waals surface area contributed by atoms with E-state index in [9.17, 15) is 5.21 Å². The van der Waals surface area contributed by atoms with E-state index in [4.69, 9.17) is 9.68 Å². The maximum atomic E-state index is 11.5. The molecule has 0 aromatic rings. The monoisotopic (exact) mass is 228 g/mol. The molecule has 2 rings (SSSR count). The van der Waals surface area contributed by atoms with Gasteiger partial charge in [-0.2, -0.15) is 0 Å². The van der Waals surface area contributed by atoms with Gasteiger partial charge in [0, 0.05) is 0 Å². The minimum atomic E-state index is 0.0786. The van der Waals surface area contributed by atoms with Gasteiger partial charge in [0.05, 0.1) is 12.2 Å². The molecule has 4 nitrogen and oxygen atoms in total. The lowest BCUT2D eigenvalue weighted by atomic mass is 9.98. The Hall–Kier alpha value is -0.160. The Morgan fingerprint density at radius 1 is 0.688 bits per heavy atom. The molecule has 4 heteroatoms. The first-order valence-electron chi connectivity index (χ1n) is 6.65. The molecule has 94 valence electrons. The quantitative estimate of drug-likeness (QED) is 0.692. The largest absolute Gasteiger partial charge is 0.738 e. The highest BCUT2D eigenvalue weighted by Gasteiger charge is 2.18. The fourth-order valence-corrected chi connectivity index (χ4v) is 2.61. The van der Waals surface area contributed by atoms with Crippen molar-refractivity contribution in [1.82, 2.24) is 5.39 Å². The van der Waals surface area contributed by atoms with Crippen LogP contribution in [-0.4, -0.2) is 17.6 Å². The van der Waals surface area contributed by atoms with Crippen LogP contribution in [0.5, 0.6) is 0 Å². The summed E-state index contributed by atoms with van der Waals surface area (Å²) in [5.41, 5.74) is 0. The summed E-state index contributed by atoms with van der Waals surface area (Å²) in [5.74, 6) is 0. The molecule has 0 aromatic heterocycles. The number of rotatable bonds is 4. The summed E-state index contributed by atoms with van der Waals surface area (Å²) < 4.78 is 0. The van der Waals surface area contributed by atoms with E-state index in [1.807, 2.05) is 0 Å². The van der Waals surface area contributed by atoms with Crippen molar-refractivity contribution in [2.24, 2.45) is 0 Å². The molecular weight excluding hydrogens is 206 g/mol. The maximum Gasteiger partial charge on any atom is 0.0808 e. The van der Waals surface area contributed by atoms with Crippen LogP contribution in [0.4, 0.5) is 0 Å². The minimum absolute atomic E-state index is 0.0786. The number of hydrogen-bond acceptors (Lipinski definition) is 4. The van der Waals surface area contributed by atoms with Crippen molar-refractivity contribution in [3.8, 4) is 0 Å². The van der Waals surface area contributed by atoms with Crippen LogP contribution in [0.1, 0.15) is 64.2 Å². The smallest absolute Gasteiger partial charge is 0.0808 e. The van der Waals surface area contributed by atoms with Crippen molar-refractivity contribution in [3.63, 3.8) is 0 Å². The molecule has 0 radical (unpaired) electrons. The summed E-state index contributed by atoms with van der Waals surface area (Å²) in [7, 11) is 0. The first-order chi connectivity index (χ1) is 7.84. The molecule has 0 atom stereocenters. The van der Waals surface area contributed by atoms with Gasteiger partial charge in [0.25, 0.3) is 0 Å². The standard InChI is InChI=1S/C12H22NO3/c14-13(15-11-7-3-1-4-8-11)16-12-9-5-2-6-10-12/h11-12H,1-10H2/q-1. The Kier molecular flexibility index (Phi) is 5.03. The van der Waals surface area contributed by atoms with Crippen LogP contribution >= 0.6 is 0 Å². The Bertz CT molecular complexity index is 169. The Labute approximate surface area is 97.4 Å². The molecular formula is C12H22NO3-. The van der Waals surface area contributed by atoms with E-state index < -0.39 is 0 Å². The van der Waals surface area contributed by atoms with Gasteiger partial charge in [0.2, 0.25) is 0 Å². The normalized spacial score (nSPS) is 25.1. The Morgan fingerprint density at radius 3 is 1.44 bits per heavy atom. The molecule has 0 amide bonds. The van der Waals surface area contributed by atoms with Crippen LogP contribution in [0.25, 0.3) is 0 Å². The molecule has 0 bridgehead atoms. The van der Waals surface area contributed by atoms with Gasteiger partial charge in [0.15, 0.2) is 0 Å². The lowest BCUT2D eigenvalue weighted by Crippen LogP contribution is -2.31. The van der Waals surface area contributed by atoms with Crippen LogP contribution in [0.15, 0.2) is 0 Å². The van der Waals surface area contributed by atoms with Gasteiger partial charge in [0.1, 0.15) is 0 Å². The molecule has 0 heterocycles. The fourth-order valence-electron chi connectivity index (χ4n) is 2.61. The molecule has 0 N–H and O–H groups in total. The van der Waals surface area contributed by atoms with E-state index in [1.54, 1.807) is 0 Å². The van der Waals surface area contributed by atoms with Gasteiger partial charge in [-0.25, -0.2) is 0 Å². The number of nitrogens with zero attached hydrogens (tertiary/aromatic N) is 1. The summed E-state index contributed by atoms with van der Waals surface area (Å²) in [6.07, 6.45) is 11.3. The Morgan fingerprint density at radius 2 is 1.06 bits per heavy atom. The average molecular weight is 228 g/mol. The van der Waals surface area contributed by atoms with Crippen LogP contribution < -0.4 is 0 Å². The highest BCUT2D eigenvalue weighted by atomic mass is 17.1. The summed E-state index contributed by atoms with van der Waals surface area (Å²) >= 11 is 0. The second-order valence-corrected chi connectivity index (χ2v) is 4.95. The molecule has 0 unspecified atom stereocenters. The summed E-state index contributed by atoms with van der Waals surface area (Å²) in [4.78, 5) is 10.5. The van der Waals surface area contributed by atoms with Crippen LogP contribution in [0.3, 0.4) is 0 Å². The van der Waals surface area contributed by atoms with Gasteiger partial charge >= 0.3 is 0 Å². The van der Waals surface area contributed by atoms with Gasteiger partial charge < -0.3 is 5.21 Å². The van der Waals surface area contributed by atoms with Crippen LogP contribution in [0.2, 0.25) is 0 Å². The van der Waals surface area contributed by atoms with Crippen molar-refractivity contribution < 1.29 is 9.68 Å². The molecule has 2 aliphatic rings. The van der Waals surface area contributed by atoms with Crippen LogP contribution in [-0.2, 0) is 9.68 Å². The summed E-state index contributed by atoms with van der Waals surface area (Å²) in [6.45, 7) is 0. The molecule has 0 saturated heterocycles. The first-order valence-corrected chi connectivity index (χ1v) is 6.65. The summed E-state index contributed by atoms with van der Waals surface area (Å²) in [6, 6.07) is 0. The number of hydrogen-bond donors (Lipinski definition) is 0. The molecule has 2 aliphatic carbocycles. The van der Waals surface area contributed by atoms with Crippen LogP contribution in [0, 0.1) is 5.21 Å². The topological polar surface area (TPSA) is 44.8 Å². The second-order valence-electron chi connectivity index (χ2n) is 4.95. The third kappa shape index (κ3) is 4.01. The van der Waals surface area contributed by atoms with Gasteiger partial charge in [-0.15, -0.1) is 5.39 Å². The van der Waals surface area contributed by atoms with E-state index in [0.717, 1.165) is 25.7 Å². The first kappa shape index (κ1) is 12.3. The molecule has 0 aliphatic heterocycles. The van der Waals surface area contributed by atoms with Crippen molar-refractivity contribution in [2.45, 2.75) is 76.4 Å². The van der Waals surface area contributed by atoms with Crippen molar-refractivity contribution in [2.75, 3.05) is 0 Å². The third-order valence-corrected chi connectivity index (χ3v) is 3.57. The van der Waals surface area contributed by atoms with Crippen molar-refractivity contribution in [1.29, 1.82) is 0 Å². The summed E-state index contributed by atoms with van der Waals surface area (Å²) in [5, 5.41) is 11.8. The molecule has 16 heavy (non-hydrogen) atoms. The molecule has 0 aromatic carbocycles. The lowest BCUT2D eigenvalue weighted by Gasteiger charge is -2.35. The van der Waals surface area contributed by atoms with E-state index in [0.29, 0.717) is 5.39 Å². The van der Waals surface area contributed by atoms with Crippen molar-refractivity contribution in [3.05, 3.63) is 5.21 Å². The fraction of sp³-hybridized carbons (Fsp3) is 1.00. The zero-order valence-corrected chi connectivity index (χ0v) is 9.90.